The topological polar surface area (TPSA) is 49.9 Å². The number of benzene rings is 1. The third kappa shape index (κ3) is 3.90. The van der Waals surface area contributed by atoms with Gasteiger partial charge in [-0.05, 0) is 32.8 Å². The molecule has 0 saturated carbocycles. The lowest BCUT2D eigenvalue weighted by atomic mass is 9.86. The molecule has 0 bridgehead atoms. The third-order valence-corrected chi connectivity index (χ3v) is 5.84. The zero-order valence-corrected chi connectivity index (χ0v) is 16.7. The summed E-state index contributed by atoms with van der Waals surface area (Å²) in [5, 5.41) is 0. The number of rotatable bonds is 5. The Morgan fingerprint density at radius 1 is 1.25 bits per heavy atom. The van der Waals surface area contributed by atoms with E-state index in [4.69, 9.17) is 4.74 Å². The molecule has 0 N–H and O–H groups in total. The molecule has 0 aliphatic carbocycles. The van der Waals surface area contributed by atoms with E-state index in [-0.39, 0.29) is 25.7 Å². The highest BCUT2D eigenvalue weighted by molar-refractivity contribution is 6.01. The van der Waals surface area contributed by atoms with Crippen LogP contribution in [0.1, 0.15) is 32.8 Å². The molecule has 2 aliphatic heterocycles. The largest absolute Gasteiger partial charge is 0.465 e. The molecular formula is C21H28F2N2O3. The maximum atomic E-state index is 14.8. The van der Waals surface area contributed by atoms with E-state index in [1.807, 2.05) is 35.2 Å². The van der Waals surface area contributed by atoms with Crippen LogP contribution in [0.25, 0.3) is 0 Å². The summed E-state index contributed by atoms with van der Waals surface area (Å²) in [5.41, 5.74) is -0.374. The van der Waals surface area contributed by atoms with Gasteiger partial charge < -0.3 is 9.64 Å². The number of esters is 1. The van der Waals surface area contributed by atoms with Crippen LogP contribution in [-0.4, -0.2) is 59.9 Å². The second kappa shape index (κ2) is 7.78. The minimum atomic E-state index is -2.87. The molecular weight excluding hydrogens is 366 g/mol. The summed E-state index contributed by atoms with van der Waals surface area (Å²) in [6.07, 6.45) is 0.470. The Labute approximate surface area is 164 Å². The van der Waals surface area contributed by atoms with Gasteiger partial charge in [-0.25, -0.2) is 8.78 Å². The molecule has 1 aromatic carbocycles. The van der Waals surface area contributed by atoms with Crippen LogP contribution in [0.3, 0.4) is 0 Å². The second-order valence-corrected chi connectivity index (χ2v) is 8.21. The van der Waals surface area contributed by atoms with Crippen molar-refractivity contribution in [1.29, 1.82) is 0 Å². The fourth-order valence-corrected chi connectivity index (χ4v) is 4.27. The first-order valence-corrected chi connectivity index (χ1v) is 9.79. The van der Waals surface area contributed by atoms with Gasteiger partial charge in [0, 0.05) is 25.7 Å². The molecule has 3 rings (SSSR count). The van der Waals surface area contributed by atoms with Gasteiger partial charge in [0.25, 0.3) is 5.92 Å². The number of hydrogen-bond donors (Lipinski definition) is 0. The normalized spacial score (nSPS) is 24.7. The number of piperidine rings is 1. The number of likely N-dealkylation sites (tertiary alicyclic amines) is 2. The molecule has 5 nitrogen and oxygen atoms in total. The molecule has 2 unspecified atom stereocenters. The number of fused-ring (bicyclic) bond motifs is 1. The third-order valence-electron chi connectivity index (χ3n) is 5.84. The van der Waals surface area contributed by atoms with Crippen LogP contribution in [0, 0.1) is 11.3 Å². The Hall–Kier alpha value is -2.02. The standard InChI is InChI=1S/C21H28F2N2O3/c1-4-28-19(27)20(2,3)18(26)24-11-10-17-16(13-24)21(22,23)14-25(17)12-15-8-6-5-7-9-15/h5-9,16-17H,4,10-14H2,1-3H3. The van der Waals surface area contributed by atoms with Gasteiger partial charge in [-0.15, -0.1) is 0 Å². The fourth-order valence-electron chi connectivity index (χ4n) is 4.27. The van der Waals surface area contributed by atoms with E-state index in [1.54, 1.807) is 6.92 Å². The van der Waals surface area contributed by atoms with Gasteiger partial charge in [0.2, 0.25) is 5.91 Å². The smallest absolute Gasteiger partial charge is 0.321 e. The predicted octanol–water partition coefficient (Wildman–Crippen LogP) is 2.94. The average Bonchev–Trinajstić information content (AvgIpc) is 2.91. The molecule has 2 atom stereocenters. The highest BCUT2D eigenvalue weighted by Gasteiger charge is 2.57. The maximum absolute atomic E-state index is 14.8. The van der Waals surface area contributed by atoms with Crippen LogP contribution in [0.4, 0.5) is 8.78 Å². The van der Waals surface area contributed by atoms with Crippen molar-refractivity contribution in [1.82, 2.24) is 9.80 Å². The minimum Gasteiger partial charge on any atom is -0.465 e. The van der Waals surface area contributed by atoms with E-state index in [1.165, 1.54) is 18.7 Å². The van der Waals surface area contributed by atoms with Crippen molar-refractivity contribution in [3.63, 3.8) is 0 Å². The average molecular weight is 394 g/mol. The highest BCUT2D eigenvalue weighted by Crippen LogP contribution is 2.43. The van der Waals surface area contributed by atoms with E-state index in [2.05, 4.69) is 0 Å². The first kappa shape index (κ1) is 20.7. The molecule has 28 heavy (non-hydrogen) atoms. The Morgan fingerprint density at radius 2 is 1.93 bits per heavy atom. The number of alkyl halides is 2. The van der Waals surface area contributed by atoms with Crippen molar-refractivity contribution in [2.24, 2.45) is 11.3 Å². The SMILES string of the molecule is CCOC(=O)C(C)(C)C(=O)N1CCC2C(C1)C(F)(F)CN2Cc1ccccc1. The molecule has 1 aromatic rings. The number of halogens is 2. The zero-order chi connectivity index (χ0) is 20.5. The zero-order valence-electron chi connectivity index (χ0n) is 16.7. The Morgan fingerprint density at radius 3 is 2.57 bits per heavy atom. The first-order valence-electron chi connectivity index (χ1n) is 9.79. The van der Waals surface area contributed by atoms with Crippen molar-refractivity contribution < 1.29 is 23.1 Å². The number of amides is 1. The molecule has 1 amide bonds. The molecule has 2 aliphatic rings. The van der Waals surface area contributed by atoms with Crippen LogP contribution in [0.5, 0.6) is 0 Å². The number of carbonyl (C=O) groups excluding carboxylic acids is 2. The van der Waals surface area contributed by atoms with E-state index in [0.717, 1.165) is 5.56 Å². The van der Waals surface area contributed by atoms with Gasteiger partial charge in [0.1, 0.15) is 5.41 Å². The molecule has 2 saturated heterocycles. The van der Waals surface area contributed by atoms with Gasteiger partial charge in [0.15, 0.2) is 0 Å². The number of carbonyl (C=O) groups is 2. The van der Waals surface area contributed by atoms with Gasteiger partial charge in [-0.2, -0.15) is 0 Å². The second-order valence-electron chi connectivity index (χ2n) is 8.21. The number of nitrogens with zero attached hydrogens (tertiary/aromatic N) is 2. The van der Waals surface area contributed by atoms with Crippen molar-refractivity contribution in [2.45, 2.75) is 45.7 Å². The van der Waals surface area contributed by atoms with Crippen LogP contribution in [0.2, 0.25) is 0 Å². The molecule has 2 heterocycles. The molecule has 0 spiro atoms. The van der Waals surface area contributed by atoms with Gasteiger partial charge in [-0.1, -0.05) is 30.3 Å². The van der Waals surface area contributed by atoms with Crippen molar-refractivity contribution in [3.05, 3.63) is 35.9 Å². The summed E-state index contributed by atoms with van der Waals surface area (Å²) in [6, 6.07) is 9.31. The van der Waals surface area contributed by atoms with Gasteiger partial charge in [0.05, 0.1) is 19.1 Å². The summed E-state index contributed by atoms with van der Waals surface area (Å²) in [6.45, 7) is 5.33. The Kier molecular flexibility index (Phi) is 5.75. The molecule has 0 aromatic heterocycles. The molecule has 0 radical (unpaired) electrons. The van der Waals surface area contributed by atoms with E-state index >= 15 is 0 Å². The lowest BCUT2D eigenvalue weighted by Crippen LogP contribution is -2.54. The molecule has 2 fully saturated rings. The Bertz CT molecular complexity index is 724. The van der Waals surface area contributed by atoms with E-state index in [0.29, 0.717) is 19.5 Å². The summed E-state index contributed by atoms with van der Waals surface area (Å²) < 4.78 is 34.5. The minimum absolute atomic E-state index is 0.0371. The number of hydrogen-bond acceptors (Lipinski definition) is 4. The highest BCUT2D eigenvalue weighted by atomic mass is 19.3. The fraction of sp³-hybridized carbons (Fsp3) is 0.619. The van der Waals surface area contributed by atoms with E-state index in [9.17, 15) is 18.4 Å². The lowest BCUT2D eigenvalue weighted by Gasteiger charge is -2.40. The number of ether oxygens (including phenoxy) is 1. The summed E-state index contributed by atoms with van der Waals surface area (Å²) in [5.74, 6) is -4.86. The van der Waals surface area contributed by atoms with Crippen molar-refractivity contribution in [3.8, 4) is 0 Å². The van der Waals surface area contributed by atoms with Crippen molar-refractivity contribution in [2.75, 3.05) is 26.2 Å². The van der Waals surface area contributed by atoms with Crippen LogP contribution >= 0.6 is 0 Å². The lowest BCUT2D eigenvalue weighted by molar-refractivity contribution is -0.164. The summed E-state index contributed by atoms with van der Waals surface area (Å²) >= 11 is 0. The van der Waals surface area contributed by atoms with Gasteiger partial charge >= 0.3 is 5.97 Å². The van der Waals surface area contributed by atoms with Crippen LogP contribution < -0.4 is 0 Å². The maximum Gasteiger partial charge on any atom is 0.321 e. The predicted molar refractivity (Wildman–Crippen MR) is 101 cm³/mol. The summed E-state index contributed by atoms with van der Waals surface area (Å²) in [7, 11) is 0. The molecule has 7 heteroatoms. The summed E-state index contributed by atoms with van der Waals surface area (Å²) in [4.78, 5) is 28.3. The van der Waals surface area contributed by atoms with Crippen LogP contribution in [-0.2, 0) is 20.9 Å². The van der Waals surface area contributed by atoms with Crippen LogP contribution in [0.15, 0.2) is 30.3 Å². The van der Waals surface area contributed by atoms with E-state index < -0.39 is 29.1 Å². The first-order chi connectivity index (χ1) is 13.2. The van der Waals surface area contributed by atoms with Gasteiger partial charge in [-0.3, -0.25) is 14.5 Å². The molecule has 154 valence electrons. The quantitative estimate of drug-likeness (QED) is 0.569. The van der Waals surface area contributed by atoms with Crippen molar-refractivity contribution >= 4 is 11.9 Å². The Balaban J connectivity index is 1.72. The monoisotopic (exact) mass is 394 g/mol.